The van der Waals surface area contributed by atoms with E-state index in [1.54, 1.807) is 18.2 Å². The molecule has 9 rings (SSSR count). The van der Waals surface area contributed by atoms with Crippen molar-refractivity contribution in [1.82, 2.24) is 35.1 Å². The molecule has 2 fully saturated rings. The molecule has 6 atom stereocenters. The Bertz CT molecular complexity index is 2620. The van der Waals surface area contributed by atoms with Crippen LogP contribution in [-0.4, -0.2) is 87.1 Å². The van der Waals surface area contributed by atoms with Crippen molar-refractivity contribution < 1.29 is 28.6 Å². The number of carbonyl (C=O) groups is 3. The van der Waals surface area contributed by atoms with Gasteiger partial charge < -0.3 is 45.0 Å². The highest BCUT2D eigenvalue weighted by molar-refractivity contribution is 6.07. The van der Waals surface area contributed by atoms with E-state index in [0.717, 1.165) is 74.2 Å². The van der Waals surface area contributed by atoms with Crippen molar-refractivity contribution in [1.29, 1.82) is 0 Å². The molecule has 4 aromatic carbocycles. The second-order valence-corrected chi connectivity index (χ2v) is 17.0. The van der Waals surface area contributed by atoms with E-state index in [4.69, 9.17) is 29.9 Å². The summed E-state index contributed by atoms with van der Waals surface area (Å²) in [5, 5.41) is 4.76. The highest BCUT2D eigenvalue weighted by atomic mass is 16.5. The van der Waals surface area contributed by atoms with Gasteiger partial charge in [-0.15, -0.1) is 0 Å². The van der Waals surface area contributed by atoms with Gasteiger partial charge in [-0.2, -0.15) is 0 Å². The number of amides is 3. The zero-order valence-electron chi connectivity index (χ0n) is 35.1. The molecule has 3 aliphatic rings. The molecule has 14 heteroatoms. The van der Waals surface area contributed by atoms with E-state index in [9.17, 15) is 14.4 Å². The maximum Gasteiger partial charge on any atom is 0.407 e. The number of methoxy groups -OCH3 is 2. The Morgan fingerprint density at radius 2 is 1.77 bits per heavy atom. The third kappa shape index (κ3) is 7.37. The number of imidazole rings is 2. The number of rotatable bonds is 10. The number of aromatic amines is 2. The van der Waals surface area contributed by atoms with Gasteiger partial charge in [-0.05, 0) is 84.0 Å². The molecular weight excluding hydrogens is 773 g/mol. The van der Waals surface area contributed by atoms with Gasteiger partial charge in [0.2, 0.25) is 5.91 Å². The van der Waals surface area contributed by atoms with E-state index in [1.807, 2.05) is 49.1 Å². The SMILES string of the molecule is COC[C@H]1C[C@@H](c2ncc(-c3ccc4c(c3)COc3cc5c(ccc6[nH]c([C@@H]7CC[C@H](C)N7C(=O)C(N)C(C)C)nc65)cc3-4)[nH]2)N(C(=O)[C@H](NC(=O)OC)c2ccccc2)C1. The van der Waals surface area contributed by atoms with Gasteiger partial charge in [-0.1, -0.05) is 62.4 Å². The molecule has 2 saturated heterocycles. The Kier molecular flexibility index (Phi) is 10.7. The number of nitrogens with one attached hydrogen (secondary N) is 3. The van der Waals surface area contributed by atoms with Crippen molar-refractivity contribution in [3.63, 3.8) is 0 Å². The number of hydrogen-bond acceptors (Lipinski definition) is 9. The predicted molar refractivity (Wildman–Crippen MR) is 231 cm³/mol. The Labute approximate surface area is 354 Å². The zero-order chi connectivity index (χ0) is 42.5. The average Bonchev–Trinajstić information content (AvgIpc) is 4.10. The summed E-state index contributed by atoms with van der Waals surface area (Å²) in [6, 6.07) is 22.0. The lowest BCUT2D eigenvalue weighted by atomic mass is 9.92. The Hall–Kier alpha value is -6.25. The molecule has 0 bridgehead atoms. The van der Waals surface area contributed by atoms with Crippen LogP contribution in [0.15, 0.2) is 79.0 Å². The Morgan fingerprint density at radius 1 is 0.951 bits per heavy atom. The summed E-state index contributed by atoms with van der Waals surface area (Å²) in [6.45, 7) is 7.36. The number of carbonyl (C=O) groups excluding carboxylic acids is 3. The molecule has 61 heavy (non-hydrogen) atoms. The molecule has 3 amide bonds. The fourth-order valence-corrected chi connectivity index (χ4v) is 9.42. The monoisotopic (exact) mass is 824 g/mol. The van der Waals surface area contributed by atoms with Gasteiger partial charge >= 0.3 is 6.09 Å². The average molecular weight is 825 g/mol. The summed E-state index contributed by atoms with van der Waals surface area (Å²) in [6.07, 6.45) is 3.48. The largest absolute Gasteiger partial charge is 0.488 e. The number of alkyl carbamates (subject to hydrolysis) is 1. The molecule has 3 aliphatic heterocycles. The standard InChI is InChI=1S/C47H52N8O6/c1-25(2)40(48)45(56)55-26(3)11-16-37(55)44-50-35-15-13-29-19-34-32-14-12-30(18-31(32)24-61-39(34)20-33(29)42(35)52-44)36-21-49-43(51-36)38-17-27(23-59-4)22-54(38)46(57)41(53-47(58)60-5)28-9-7-6-8-10-28/h6-10,12-15,18-21,25-27,37-38,40-41H,11,16-17,22-24,48H2,1-5H3,(H,49,51)(H,50,52)(H,53,58)/t26-,27-,37-,38-,40?,41+/m0/s1. The van der Waals surface area contributed by atoms with Gasteiger partial charge in [-0.3, -0.25) is 9.59 Å². The first-order chi connectivity index (χ1) is 29.5. The van der Waals surface area contributed by atoms with E-state index < -0.39 is 18.2 Å². The van der Waals surface area contributed by atoms with Crippen LogP contribution in [0, 0.1) is 11.8 Å². The van der Waals surface area contributed by atoms with Gasteiger partial charge in [0.05, 0.1) is 54.8 Å². The highest BCUT2D eigenvalue weighted by Gasteiger charge is 2.42. The number of aromatic nitrogens is 4. The molecule has 0 aliphatic carbocycles. The van der Waals surface area contributed by atoms with Crippen LogP contribution in [0.2, 0.25) is 0 Å². The number of nitrogens with zero attached hydrogens (tertiary/aromatic N) is 4. The van der Waals surface area contributed by atoms with Crippen LogP contribution >= 0.6 is 0 Å². The minimum Gasteiger partial charge on any atom is -0.488 e. The molecule has 0 saturated carbocycles. The van der Waals surface area contributed by atoms with Crippen molar-refractivity contribution >= 4 is 39.7 Å². The van der Waals surface area contributed by atoms with E-state index in [0.29, 0.717) is 37.6 Å². The molecule has 0 radical (unpaired) electrons. The van der Waals surface area contributed by atoms with Crippen LogP contribution in [-0.2, 0) is 25.7 Å². The summed E-state index contributed by atoms with van der Waals surface area (Å²) < 4.78 is 16.8. The highest BCUT2D eigenvalue weighted by Crippen LogP contribution is 2.44. The summed E-state index contributed by atoms with van der Waals surface area (Å²) >= 11 is 0. The summed E-state index contributed by atoms with van der Waals surface area (Å²) in [5.41, 5.74) is 13.7. The lowest BCUT2D eigenvalue weighted by Gasteiger charge is -2.31. The molecule has 1 unspecified atom stereocenters. The minimum atomic E-state index is -0.937. The van der Waals surface area contributed by atoms with Crippen molar-refractivity contribution in [3.05, 3.63) is 102 Å². The molecule has 14 nitrogen and oxygen atoms in total. The van der Waals surface area contributed by atoms with E-state index in [-0.39, 0.29) is 41.8 Å². The van der Waals surface area contributed by atoms with Crippen LogP contribution in [0.3, 0.4) is 0 Å². The molecule has 5 N–H and O–H groups in total. The van der Waals surface area contributed by atoms with Gasteiger partial charge in [0.1, 0.15) is 30.0 Å². The van der Waals surface area contributed by atoms with Crippen LogP contribution in [0.5, 0.6) is 5.75 Å². The van der Waals surface area contributed by atoms with Gasteiger partial charge in [-0.25, -0.2) is 14.8 Å². The van der Waals surface area contributed by atoms with Crippen molar-refractivity contribution in [2.75, 3.05) is 27.4 Å². The quantitative estimate of drug-likeness (QED) is 0.110. The van der Waals surface area contributed by atoms with Crippen molar-refractivity contribution in [2.24, 2.45) is 17.6 Å². The van der Waals surface area contributed by atoms with E-state index in [1.165, 1.54) is 7.11 Å². The third-order valence-corrected chi connectivity index (χ3v) is 12.7. The number of H-pyrrole nitrogens is 2. The number of hydrogen-bond donors (Lipinski definition) is 4. The smallest absolute Gasteiger partial charge is 0.407 e. The van der Waals surface area contributed by atoms with Crippen LogP contribution in [0.1, 0.15) is 80.9 Å². The van der Waals surface area contributed by atoms with Gasteiger partial charge in [0.25, 0.3) is 5.91 Å². The molecule has 6 aromatic rings. The molecule has 5 heterocycles. The van der Waals surface area contributed by atoms with E-state index >= 15 is 0 Å². The summed E-state index contributed by atoms with van der Waals surface area (Å²) in [5.74, 6) is 2.07. The molecule has 316 valence electrons. The fraction of sp³-hybridized carbons (Fsp3) is 0.383. The fourth-order valence-electron chi connectivity index (χ4n) is 9.42. The molecular formula is C47H52N8O6. The maximum absolute atomic E-state index is 14.3. The van der Waals surface area contributed by atoms with Gasteiger partial charge in [0, 0.05) is 36.6 Å². The van der Waals surface area contributed by atoms with Crippen LogP contribution in [0.4, 0.5) is 4.79 Å². The first-order valence-electron chi connectivity index (χ1n) is 21.1. The number of nitrogens with two attached hydrogens (primary N) is 1. The van der Waals surface area contributed by atoms with Gasteiger partial charge in [0.15, 0.2) is 0 Å². The second kappa shape index (κ2) is 16.3. The molecule has 2 aromatic heterocycles. The number of likely N-dealkylation sites (tertiary alicyclic amines) is 2. The zero-order valence-corrected chi connectivity index (χ0v) is 35.1. The minimum absolute atomic E-state index is 0.0281. The lowest BCUT2D eigenvalue weighted by Crippen LogP contribution is -2.48. The first-order valence-corrected chi connectivity index (χ1v) is 21.1. The van der Waals surface area contributed by atoms with Crippen LogP contribution in [0.25, 0.3) is 44.2 Å². The first kappa shape index (κ1) is 40.2. The normalized spacial score (nSPS) is 20.7. The van der Waals surface area contributed by atoms with Crippen LogP contribution < -0.4 is 15.8 Å². The maximum atomic E-state index is 14.3. The number of fused-ring (bicyclic) bond motifs is 6. The second-order valence-electron chi connectivity index (χ2n) is 17.0. The molecule has 0 spiro atoms. The predicted octanol–water partition coefficient (Wildman–Crippen LogP) is 7.33. The number of benzene rings is 4. The Morgan fingerprint density at radius 3 is 2.54 bits per heavy atom. The Balaban J connectivity index is 0.983. The summed E-state index contributed by atoms with van der Waals surface area (Å²) in [4.78, 5) is 60.9. The lowest BCUT2D eigenvalue weighted by molar-refractivity contribution is -0.136. The number of ether oxygens (including phenoxy) is 3. The van der Waals surface area contributed by atoms with Crippen molar-refractivity contribution in [2.45, 2.75) is 76.8 Å². The summed E-state index contributed by atoms with van der Waals surface area (Å²) in [7, 11) is 2.94. The van der Waals surface area contributed by atoms with E-state index in [2.05, 4.69) is 64.7 Å². The van der Waals surface area contributed by atoms with Crippen molar-refractivity contribution in [3.8, 4) is 28.1 Å². The topological polar surface area (TPSA) is 181 Å². The third-order valence-electron chi connectivity index (χ3n) is 12.7.